The minimum atomic E-state index is 0.0699. The highest BCUT2D eigenvalue weighted by Crippen LogP contribution is 2.30. The third-order valence-electron chi connectivity index (χ3n) is 2.96. The fourth-order valence-electron chi connectivity index (χ4n) is 1.66. The standard InChI is InChI=1S/C13H23NO/c1-12(2,3)10-7-11(15)9-14(8-10)13(4,5)6/h7H,8-9H2,1-6H3. The first-order valence-electron chi connectivity index (χ1n) is 5.59. The van der Waals surface area contributed by atoms with Crippen LogP contribution in [0.1, 0.15) is 41.5 Å². The monoisotopic (exact) mass is 209 g/mol. The predicted molar refractivity (Wildman–Crippen MR) is 63.9 cm³/mol. The summed E-state index contributed by atoms with van der Waals surface area (Å²) in [5, 5.41) is 0. The molecule has 1 rings (SSSR count). The summed E-state index contributed by atoms with van der Waals surface area (Å²) in [6.45, 7) is 14.4. The van der Waals surface area contributed by atoms with Crippen molar-refractivity contribution in [1.29, 1.82) is 0 Å². The number of carbonyl (C=O) groups excluding carboxylic acids is 1. The Bertz CT molecular complexity index is 289. The molecule has 0 atom stereocenters. The van der Waals surface area contributed by atoms with Crippen LogP contribution in [0.4, 0.5) is 0 Å². The number of carbonyl (C=O) groups is 1. The lowest BCUT2D eigenvalue weighted by molar-refractivity contribution is -0.117. The van der Waals surface area contributed by atoms with E-state index >= 15 is 0 Å². The van der Waals surface area contributed by atoms with Gasteiger partial charge in [-0.3, -0.25) is 9.69 Å². The van der Waals surface area contributed by atoms with Gasteiger partial charge in [0.05, 0.1) is 6.54 Å². The minimum Gasteiger partial charge on any atom is -0.293 e. The van der Waals surface area contributed by atoms with Crippen LogP contribution in [0.3, 0.4) is 0 Å². The Morgan fingerprint density at radius 3 is 2.00 bits per heavy atom. The van der Waals surface area contributed by atoms with Gasteiger partial charge in [0.1, 0.15) is 0 Å². The molecule has 0 fully saturated rings. The smallest absolute Gasteiger partial charge is 0.169 e. The molecule has 0 bridgehead atoms. The Morgan fingerprint density at radius 1 is 1.07 bits per heavy atom. The summed E-state index contributed by atoms with van der Waals surface area (Å²) in [6.07, 6.45) is 1.84. The number of hydrogen-bond donors (Lipinski definition) is 0. The summed E-state index contributed by atoms with van der Waals surface area (Å²) in [5.74, 6) is 0.237. The molecule has 86 valence electrons. The van der Waals surface area contributed by atoms with Gasteiger partial charge in [-0.25, -0.2) is 0 Å². The molecule has 0 saturated heterocycles. The molecule has 1 aliphatic rings. The molecule has 2 nitrogen and oxygen atoms in total. The minimum absolute atomic E-state index is 0.0699. The van der Waals surface area contributed by atoms with E-state index in [0.29, 0.717) is 6.54 Å². The SMILES string of the molecule is CC(C)(C)C1=CC(=O)CN(C(C)(C)C)C1. The normalized spacial score (nSPS) is 20.4. The van der Waals surface area contributed by atoms with Crippen molar-refractivity contribution in [1.82, 2.24) is 4.90 Å². The third kappa shape index (κ3) is 3.16. The maximum Gasteiger partial charge on any atom is 0.169 e. The summed E-state index contributed by atoms with van der Waals surface area (Å²) in [5.41, 5.74) is 1.41. The van der Waals surface area contributed by atoms with Gasteiger partial charge in [-0.15, -0.1) is 0 Å². The van der Waals surface area contributed by atoms with Crippen molar-refractivity contribution in [3.05, 3.63) is 11.6 Å². The van der Waals surface area contributed by atoms with Crippen molar-refractivity contribution in [2.75, 3.05) is 13.1 Å². The summed E-state index contributed by atoms with van der Waals surface area (Å²) in [6, 6.07) is 0. The molecule has 0 aromatic carbocycles. The van der Waals surface area contributed by atoms with E-state index in [2.05, 4.69) is 46.4 Å². The lowest BCUT2D eigenvalue weighted by Crippen LogP contribution is -2.48. The van der Waals surface area contributed by atoms with Gasteiger partial charge >= 0.3 is 0 Å². The Morgan fingerprint density at radius 2 is 1.60 bits per heavy atom. The zero-order valence-electron chi connectivity index (χ0n) is 10.8. The van der Waals surface area contributed by atoms with E-state index in [-0.39, 0.29) is 16.7 Å². The van der Waals surface area contributed by atoms with Gasteiger partial charge in [-0.05, 0) is 37.8 Å². The Labute approximate surface area is 93.3 Å². The molecular formula is C13H23NO. The molecule has 0 aromatic heterocycles. The van der Waals surface area contributed by atoms with Crippen LogP contribution in [0.15, 0.2) is 11.6 Å². The predicted octanol–water partition coefficient (Wildman–Crippen LogP) is 2.64. The van der Waals surface area contributed by atoms with Crippen LogP contribution in [-0.2, 0) is 4.79 Å². The maximum atomic E-state index is 11.7. The zero-order chi connectivity index (χ0) is 11.9. The molecule has 0 spiro atoms. The van der Waals surface area contributed by atoms with Crippen molar-refractivity contribution in [2.45, 2.75) is 47.1 Å². The molecule has 0 N–H and O–H groups in total. The molecule has 0 aromatic rings. The maximum absolute atomic E-state index is 11.7. The van der Waals surface area contributed by atoms with E-state index in [9.17, 15) is 4.79 Å². The first kappa shape index (κ1) is 12.4. The highest BCUT2D eigenvalue weighted by Gasteiger charge is 2.31. The average molecular weight is 209 g/mol. The summed E-state index contributed by atoms with van der Waals surface area (Å²) in [7, 11) is 0. The summed E-state index contributed by atoms with van der Waals surface area (Å²) in [4.78, 5) is 13.9. The largest absolute Gasteiger partial charge is 0.293 e. The van der Waals surface area contributed by atoms with Crippen LogP contribution in [0.5, 0.6) is 0 Å². The fourth-order valence-corrected chi connectivity index (χ4v) is 1.66. The number of rotatable bonds is 0. The van der Waals surface area contributed by atoms with Crippen molar-refractivity contribution in [3.63, 3.8) is 0 Å². The molecule has 2 heteroatoms. The van der Waals surface area contributed by atoms with Gasteiger partial charge in [0.2, 0.25) is 0 Å². The molecule has 0 unspecified atom stereocenters. The van der Waals surface area contributed by atoms with Gasteiger partial charge < -0.3 is 0 Å². The van der Waals surface area contributed by atoms with Crippen molar-refractivity contribution in [3.8, 4) is 0 Å². The summed E-state index contributed by atoms with van der Waals surface area (Å²) < 4.78 is 0. The van der Waals surface area contributed by atoms with Gasteiger partial charge in [-0.2, -0.15) is 0 Å². The lowest BCUT2D eigenvalue weighted by atomic mass is 9.83. The zero-order valence-corrected chi connectivity index (χ0v) is 10.8. The van der Waals surface area contributed by atoms with Crippen molar-refractivity contribution in [2.24, 2.45) is 5.41 Å². The van der Waals surface area contributed by atoms with E-state index in [4.69, 9.17) is 0 Å². The molecular weight excluding hydrogens is 186 g/mol. The molecule has 1 heterocycles. The van der Waals surface area contributed by atoms with E-state index in [1.807, 2.05) is 6.08 Å². The first-order chi connectivity index (χ1) is 6.60. The van der Waals surface area contributed by atoms with Crippen molar-refractivity contribution < 1.29 is 4.79 Å². The van der Waals surface area contributed by atoms with E-state index in [1.165, 1.54) is 5.57 Å². The molecule has 15 heavy (non-hydrogen) atoms. The van der Waals surface area contributed by atoms with Crippen LogP contribution in [-0.4, -0.2) is 29.3 Å². The van der Waals surface area contributed by atoms with Crippen LogP contribution in [0.2, 0.25) is 0 Å². The fraction of sp³-hybridized carbons (Fsp3) is 0.769. The Kier molecular flexibility index (Phi) is 3.11. The molecule has 0 radical (unpaired) electrons. The highest BCUT2D eigenvalue weighted by molar-refractivity contribution is 5.93. The highest BCUT2D eigenvalue weighted by atomic mass is 16.1. The molecule has 0 amide bonds. The lowest BCUT2D eigenvalue weighted by Gasteiger charge is -2.40. The van der Waals surface area contributed by atoms with E-state index in [0.717, 1.165) is 6.54 Å². The van der Waals surface area contributed by atoms with Gasteiger partial charge in [0.15, 0.2) is 5.78 Å². The molecule has 1 aliphatic heterocycles. The molecule has 0 saturated carbocycles. The van der Waals surface area contributed by atoms with Gasteiger partial charge in [-0.1, -0.05) is 20.8 Å². The van der Waals surface area contributed by atoms with Crippen LogP contribution in [0, 0.1) is 5.41 Å². The third-order valence-corrected chi connectivity index (χ3v) is 2.96. The summed E-state index contributed by atoms with van der Waals surface area (Å²) >= 11 is 0. The van der Waals surface area contributed by atoms with E-state index < -0.39 is 0 Å². The van der Waals surface area contributed by atoms with E-state index in [1.54, 1.807) is 0 Å². The second kappa shape index (κ2) is 3.75. The quantitative estimate of drug-likeness (QED) is 0.611. The van der Waals surface area contributed by atoms with Crippen LogP contribution in [0.25, 0.3) is 0 Å². The van der Waals surface area contributed by atoms with Gasteiger partial charge in [0, 0.05) is 12.1 Å². The van der Waals surface area contributed by atoms with Crippen LogP contribution >= 0.6 is 0 Å². The topological polar surface area (TPSA) is 20.3 Å². The Balaban J connectivity index is 2.91. The average Bonchev–Trinajstić information content (AvgIpc) is 1.99. The van der Waals surface area contributed by atoms with Gasteiger partial charge in [0.25, 0.3) is 0 Å². The second-order valence-electron chi connectivity index (χ2n) is 6.41. The van der Waals surface area contributed by atoms with Crippen LogP contribution < -0.4 is 0 Å². The Hall–Kier alpha value is -0.630. The number of ketones is 1. The first-order valence-corrected chi connectivity index (χ1v) is 5.59. The molecule has 0 aliphatic carbocycles. The number of hydrogen-bond acceptors (Lipinski definition) is 2. The van der Waals surface area contributed by atoms with Crippen molar-refractivity contribution >= 4 is 5.78 Å². The number of nitrogens with zero attached hydrogens (tertiary/aromatic N) is 1. The second-order valence-corrected chi connectivity index (χ2v) is 6.41.